The van der Waals surface area contributed by atoms with E-state index in [-0.39, 0.29) is 0 Å². The van der Waals surface area contributed by atoms with Crippen molar-refractivity contribution >= 4 is 22.7 Å². The van der Waals surface area contributed by atoms with Gasteiger partial charge in [-0.3, -0.25) is 0 Å². The van der Waals surface area contributed by atoms with Crippen LogP contribution in [-0.2, 0) is 0 Å². The van der Waals surface area contributed by atoms with Crippen LogP contribution >= 0.6 is 0 Å². The number of H-pyrrole nitrogens is 1. The van der Waals surface area contributed by atoms with E-state index in [1.54, 1.807) is 18.2 Å². The van der Waals surface area contributed by atoms with E-state index in [9.17, 15) is 5.26 Å². The lowest BCUT2D eigenvalue weighted by Crippen LogP contribution is -1.85. The van der Waals surface area contributed by atoms with E-state index in [0.29, 0.717) is 17.0 Å². The summed E-state index contributed by atoms with van der Waals surface area (Å²) in [7, 11) is 0. The Morgan fingerprint density at radius 2 is 1.78 bits per heavy atom. The molecule has 0 aliphatic rings. The maximum Gasteiger partial charge on any atom is 0.149 e. The largest absolute Gasteiger partial charge is 0.337 e. The smallest absolute Gasteiger partial charge is 0.149 e. The Hall–Kier alpha value is -3.37. The fourth-order valence-corrected chi connectivity index (χ4v) is 2.37. The summed E-state index contributed by atoms with van der Waals surface area (Å²) in [5, 5.41) is 18.3. The van der Waals surface area contributed by atoms with Gasteiger partial charge >= 0.3 is 0 Å². The van der Waals surface area contributed by atoms with Gasteiger partial charge in [-0.25, -0.2) is 4.98 Å². The third-order valence-corrected chi connectivity index (χ3v) is 3.82. The van der Waals surface area contributed by atoms with Crippen molar-refractivity contribution in [2.75, 3.05) is 0 Å². The predicted molar refractivity (Wildman–Crippen MR) is 90.2 cm³/mol. The molecule has 0 radical (unpaired) electrons. The number of benzene rings is 2. The topological polar surface area (TPSA) is 76.3 Å². The van der Waals surface area contributed by atoms with Crippen LogP contribution in [0.25, 0.3) is 22.7 Å². The summed E-state index contributed by atoms with van der Waals surface area (Å²) in [5.41, 5.74) is 6.03. The second-order valence-corrected chi connectivity index (χ2v) is 5.44. The van der Waals surface area contributed by atoms with Crippen LogP contribution in [0.2, 0.25) is 0 Å². The Kier molecular flexibility index (Phi) is 3.66. The number of nitrogens with zero attached hydrogens (tertiary/aromatic N) is 3. The molecule has 0 bridgehead atoms. The minimum atomic E-state index is 0.459. The third-order valence-electron chi connectivity index (χ3n) is 3.82. The Morgan fingerprint density at radius 1 is 1.09 bits per heavy atom. The number of aromatic nitrogens is 2. The number of aromatic amines is 1. The molecule has 1 heterocycles. The minimum Gasteiger partial charge on any atom is -0.337 e. The molecule has 3 rings (SSSR count). The van der Waals surface area contributed by atoms with Crippen molar-refractivity contribution < 1.29 is 0 Å². The first kappa shape index (κ1) is 14.6. The van der Waals surface area contributed by atoms with Gasteiger partial charge in [-0.05, 0) is 60.9 Å². The number of aryl methyl sites for hydroxylation is 2. The SMILES string of the molecule is Cc1cc2nc(/C(C#N)=C/c3ccc(C#N)cc3)[nH]c2cc1C. The molecule has 2 aromatic carbocycles. The zero-order valence-corrected chi connectivity index (χ0v) is 12.9. The molecule has 0 fully saturated rings. The molecule has 0 unspecified atom stereocenters. The molecular formula is C19H14N4. The molecule has 4 heteroatoms. The lowest BCUT2D eigenvalue weighted by atomic mass is 10.1. The molecule has 0 saturated heterocycles. The summed E-state index contributed by atoms with van der Waals surface area (Å²) < 4.78 is 0. The van der Waals surface area contributed by atoms with Crippen molar-refractivity contribution in [1.82, 2.24) is 9.97 Å². The average Bonchev–Trinajstić information content (AvgIpc) is 2.96. The summed E-state index contributed by atoms with van der Waals surface area (Å²) in [6.07, 6.45) is 1.76. The fourth-order valence-electron chi connectivity index (χ4n) is 2.37. The van der Waals surface area contributed by atoms with Gasteiger partial charge in [0.25, 0.3) is 0 Å². The predicted octanol–water partition coefficient (Wildman–Crippen LogP) is 4.12. The summed E-state index contributed by atoms with van der Waals surface area (Å²) in [6.45, 7) is 4.09. The highest BCUT2D eigenvalue weighted by Gasteiger charge is 2.09. The van der Waals surface area contributed by atoms with Gasteiger partial charge in [0, 0.05) is 0 Å². The van der Waals surface area contributed by atoms with Crippen LogP contribution in [0.15, 0.2) is 36.4 Å². The van der Waals surface area contributed by atoms with Crippen LogP contribution in [0.4, 0.5) is 0 Å². The standard InChI is InChI=1S/C19H14N4/c1-12-7-17-18(8-13(12)2)23-19(22-17)16(11-21)9-14-3-5-15(10-20)6-4-14/h3-9H,1-2H3,(H,22,23)/b16-9+. The van der Waals surface area contributed by atoms with E-state index < -0.39 is 0 Å². The maximum absolute atomic E-state index is 9.45. The summed E-state index contributed by atoms with van der Waals surface area (Å²) in [6, 6.07) is 15.4. The number of nitrogens with one attached hydrogen (secondary N) is 1. The molecule has 0 amide bonds. The molecule has 0 aliphatic heterocycles. The van der Waals surface area contributed by atoms with Gasteiger partial charge < -0.3 is 4.98 Å². The Balaban J connectivity index is 2.05. The average molecular weight is 298 g/mol. The van der Waals surface area contributed by atoms with E-state index in [1.165, 1.54) is 11.1 Å². The van der Waals surface area contributed by atoms with Crippen molar-refractivity contribution in [1.29, 1.82) is 10.5 Å². The molecule has 4 nitrogen and oxygen atoms in total. The van der Waals surface area contributed by atoms with Gasteiger partial charge in [0.05, 0.1) is 28.2 Å². The van der Waals surface area contributed by atoms with Crippen LogP contribution in [0.5, 0.6) is 0 Å². The van der Waals surface area contributed by atoms with Crippen molar-refractivity contribution in [2.24, 2.45) is 0 Å². The van der Waals surface area contributed by atoms with Crippen molar-refractivity contribution in [2.45, 2.75) is 13.8 Å². The third kappa shape index (κ3) is 2.84. The van der Waals surface area contributed by atoms with E-state index in [0.717, 1.165) is 16.6 Å². The van der Waals surface area contributed by atoms with Gasteiger partial charge in [0.2, 0.25) is 0 Å². The van der Waals surface area contributed by atoms with Crippen LogP contribution in [0, 0.1) is 36.5 Å². The van der Waals surface area contributed by atoms with Crippen molar-refractivity contribution in [3.05, 3.63) is 64.5 Å². The molecule has 1 N–H and O–H groups in total. The molecular weight excluding hydrogens is 284 g/mol. The van der Waals surface area contributed by atoms with E-state index >= 15 is 0 Å². The molecule has 3 aromatic rings. The second kappa shape index (κ2) is 5.79. The van der Waals surface area contributed by atoms with Crippen molar-refractivity contribution in [3.8, 4) is 12.1 Å². The van der Waals surface area contributed by atoms with Gasteiger partial charge in [-0.15, -0.1) is 0 Å². The number of fused-ring (bicyclic) bond motifs is 1. The normalized spacial score (nSPS) is 11.2. The summed E-state index contributed by atoms with van der Waals surface area (Å²) in [5.74, 6) is 0.553. The maximum atomic E-state index is 9.45. The van der Waals surface area contributed by atoms with Gasteiger partial charge in [0.15, 0.2) is 0 Å². The minimum absolute atomic E-state index is 0.459. The zero-order chi connectivity index (χ0) is 16.4. The zero-order valence-electron chi connectivity index (χ0n) is 12.9. The Morgan fingerprint density at radius 3 is 2.43 bits per heavy atom. The van der Waals surface area contributed by atoms with E-state index in [4.69, 9.17) is 5.26 Å². The molecule has 1 aromatic heterocycles. The summed E-state index contributed by atoms with van der Waals surface area (Å²) >= 11 is 0. The number of rotatable bonds is 2. The Bertz CT molecular complexity index is 954. The lowest BCUT2D eigenvalue weighted by molar-refractivity contribution is 1.27. The Labute approximate surface area is 134 Å². The van der Waals surface area contributed by atoms with Crippen molar-refractivity contribution in [3.63, 3.8) is 0 Å². The molecule has 0 aliphatic carbocycles. The number of nitriles is 2. The van der Waals surface area contributed by atoms with Crippen LogP contribution in [-0.4, -0.2) is 9.97 Å². The lowest BCUT2D eigenvalue weighted by Gasteiger charge is -1.97. The highest BCUT2D eigenvalue weighted by molar-refractivity contribution is 5.90. The highest BCUT2D eigenvalue weighted by atomic mass is 14.9. The van der Waals surface area contributed by atoms with Gasteiger partial charge in [0.1, 0.15) is 11.9 Å². The number of hydrogen-bond acceptors (Lipinski definition) is 3. The first-order valence-corrected chi connectivity index (χ1v) is 7.20. The van der Waals surface area contributed by atoms with Crippen LogP contribution < -0.4 is 0 Å². The van der Waals surface area contributed by atoms with Gasteiger partial charge in [-0.2, -0.15) is 10.5 Å². The fraction of sp³-hybridized carbons (Fsp3) is 0.105. The van der Waals surface area contributed by atoms with Gasteiger partial charge in [-0.1, -0.05) is 12.1 Å². The highest BCUT2D eigenvalue weighted by Crippen LogP contribution is 2.22. The first-order valence-electron chi connectivity index (χ1n) is 7.20. The number of hydrogen-bond donors (Lipinski definition) is 1. The molecule has 23 heavy (non-hydrogen) atoms. The molecule has 0 spiro atoms. The molecule has 110 valence electrons. The first-order chi connectivity index (χ1) is 11.1. The number of allylic oxidation sites excluding steroid dienone is 1. The molecule has 0 atom stereocenters. The second-order valence-electron chi connectivity index (χ2n) is 5.44. The molecule has 0 saturated carbocycles. The summed E-state index contributed by atoms with van der Waals surface area (Å²) in [4.78, 5) is 7.72. The van der Waals surface area contributed by atoms with E-state index in [2.05, 4.69) is 22.1 Å². The van der Waals surface area contributed by atoms with Crippen LogP contribution in [0.1, 0.15) is 28.1 Å². The van der Waals surface area contributed by atoms with Crippen LogP contribution in [0.3, 0.4) is 0 Å². The van der Waals surface area contributed by atoms with E-state index in [1.807, 2.05) is 38.1 Å². The number of imidazole rings is 1. The monoisotopic (exact) mass is 298 g/mol. The quantitative estimate of drug-likeness (QED) is 0.723.